The molecule has 0 spiro atoms. The first-order chi connectivity index (χ1) is 6.65. The second-order valence-corrected chi connectivity index (χ2v) is 2.85. The smallest absolute Gasteiger partial charge is 0.364 e. The molecular weight excluding hydrogens is 183 g/mol. The second-order valence-electron chi connectivity index (χ2n) is 2.85. The maximum atomic E-state index is 12.8. The monoisotopic (exact) mass is 194 g/mol. The van der Waals surface area contributed by atoms with E-state index in [9.17, 15) is 9.18 Å². The van der Waals surface area contributed by atoms with E-state index < -0.39 is 11.8 Å². The van der Waals surface area contributed by atoms with Gasteiger partial charge in [0.25, 0.3) is 0 Å². The third kappa shape index (κ3) is 2.42. The zero-order valence-electron chi connectivity index (χ0n) is 7.83. The number of rotatable bonds is 3. The molecule has 1 N–H and O–H groups in total. The van der Waals surface area contributed by atoms with Crippen molar-refractivity contribution in [1.82, 2.24) is 0 Å². The normalized spacial score (nSPS) is 11.4. The summed E-state index contributed by atoms with van der Waals surface area (Å²) in [6, 6.07) is 7.14. The lowest BCUT2D eigenvalue weighted by Gasteiger charge is -2.01. The van der Waals surface area contributed by atoms with E-state index in [0.717, 1.165) is 18.1 Å². The van der Waals surface area contributed by atoms with Crippen LogP contribution < -0.4 is 0 Å². The van der Waals surface area contributed by atoms with Gasteiger partial charge in [0.2, 0.25) is 5.83 Å². The van der Waals surface area contributed by atoms with Gasteiger partial charge in [0.1, 0.15) is 0 Å². The maximum Gasteiger partial charge on any atom is 0.364 e. The SMILES string of the molecule is CCc1ccccc1/C=C(/F)C(=O)O. The molecule has 0 radical (unpaired) electrons. The van der Waals surface area contributed by atoms with E-state index in [1.54, 1.807) is 12.1 Å². The van der Waals surface area contributed by atoms with Crippen LogP contribution in [0.4, 0.5) is 4.39 Å². The highest BCUT2D eigenvalue weighted by molar-refractivity contribution is 5.89. The van der Waals surface area contributed by atoms with Gasteiger partial charge in [-0.1, -0.05) is 31.2 Å². The molecule has 0 saturated carbocycles. The van der Waals surface area contributed by atoms with Crippen molar-refractivity contribution in [3.8, 4) is 0 Å². The molecule has 14 heavy (non-hydrogen) atoms. The summed E-state index contributed by atoms with van der Waals surface area (Å²) in [5.74, 6) is -2.66. The van der Waals surface area contributed by atoms with Gasteiger partial charge in [-0.2, -0.15) is 4.39 Å². The third-order valence-electron chi connectivity index (χ3n) is 1.92. The molecule has 3 heteroatoms. The first-order valence-electron chi connectivity index (χ1n) is 4.33. The Bertz CT molecular complexity index is 369. The number of carbonyl (C=O) groups is 1. The topological polar surface area (TPSA) is 37.3 Å². The second kappa shape index (κ2) is 4.56. The van der Waals surface area contributed by atoms with Crippen LogP contribution in [0.25, 0.3) is 6.08 Å². The largest absolute Gasteiger partial charge is 0.476 e. The highest BCUT2D eigenvalue weighted by Gasteiger charge is 2.06. The number of aryl methyl sites for hydroxylation is 1. The minimum Gasteiger partial charge on any atom is -0.476 e. The zero-order valence-corrected chi connectivity index (χ0v) is 7.83. The molecule has 0 aromatic heterocycles. The van der Waals surface area contributed by atoms with Crippen LogP contribution in [0.5, 0.6) is 0 Å². The van der Waals surface area contributed by atoms with Gasteiger partial charge in [-0.15, -0.1) is 0 Å². The average molecular weight is 194 g/mol. The predicted molar refractivity (Wildman–Crippen MR) is 52.5 cm³/mol. The van der Waals surface area contributed by atoms with Crippen LogP contribution >= 0.6 is 0 Å². The molecule has 0 fully saturated rings. The van der Waals surface area contributed by atoms with E-state index in [0.29, 0.717) is 5.56 Å². The van der Waals surface area contributed by atoms with Gasteiger partial charge in [0.15, 0.2) is 0 Å². The Labute approximate surface area is 81.7 Å². The van der Waals surface area contributed by atoms with Crippen LogP contribution in [0.1, 0.15) is 18.1 Å². The summed E-state index contributed by atoms with van der Waals surface area (Å²) in [5, 5.41) is 8.36. The molecule has 0 aliphatic heterocycles. The van der Waals surface area contributed by atoms with Crippen LogP contribution in [-0.2, 0) is 11.2 Å². The number of hydrogen-bond acceptors (Lipinski definition) is 1. The highest BCUT2D eigenvalue weighted by Crippen LogP contribution is 2.14. The fraction of sp³-hybridized carbons (Fsp3) is 0.182. The number of carboxylic acid groups (broad SMARTS) is 1. The summed E-state index contributed by atoms with van der Waals surface area (Å²) in [6.07, 6.45) is 1.79. The van der Waals surface area contributed by atoms with Crippen LogP contribution in [0.2, 0.25) is 0 Å². The molecule has 1 aromatic rings. The highest BCUT2D eigenvalue weighted by atomic mass is 19.1. The van der Waals surface area contributed by atoms with Gasteiger partial charge in [0.05, 0.1) is 0 Å². The fourth-order valence-corrected chi connectivity index (χ4v) is 1.20. The van der Waals surface area contributed by atoms with Crippen molar-refractivity contribution in [3.63, 3.8) is 0 Å². The van der Waals surface area contributed by atoms with E-state index in [2.05, 4.69) is 0 Å². The summed E-state index contributed by atoms with van der Waals surface area (Å²) >= 11 is 0. The maximum absolute atomic E-state index is 12.8. The molecule has 74 valence electrons. The quantitative estimate of drug-likeness (QED) is 0.751. The van der Waals surface area contributed by atoms with Crippen LogP contribution in [0.15, 0.2) is 30.1 Å². The summed E-state index contributed by atoms with van der Waals surface area (Å²) in [6.45, 7) is 1.94. The summed E-state index contributed by atoms with van der Waals surface area (Å²) in [4.78, 5) is 10.3. The van der Waals surface area contributed by atoms with Crippen molar-refractivity contribution in [2.24, 2.45) is 0 Å². The molecule has 2 nitrogen and oxygen atoms in total. The number of halogens is 1. The number of aliphatic carboxylic acids is 1. The van der Waals surface area contributed by atoms with E-state index in [4.69, 9.17) is 5.11 Å². The third-order valence-corrected chi connectivity index (χ3v) is 1.92. The van der Waals surface area contributed by atoms with Gasteiger partial charge in [-0.25, -0.2) is 4.79 Å². The van der Waals surface area contributed by atoms with Crippen molar-refractivity contribution in [3.05, 3.63) is 41.2 Å². The van der Waals surface area contributed by atoms with Crippen molar-refractivity contribution < 1.29 is 14.3 Å². The Balaban J connectivity index is 3.07. The summed E-state index contributed by atoms with van der Waals surface area (Å²) in [7, 11) is 0. The molecule has 0 amide bonds. The number of carboxylic acids is 1. The first-order valence-corrected chi connectivity index (χ1v) is 4.33. The Morgan fingerprint density at radius 3 is 2.71 bits per heavy atom. The Morgan fingerprint density at radius 1 is 1.50 bits per heavy atom. The zero-order chi connectivity index (χ0) is 10.6. The minimum atomic E-state index is -1.53. The summed E-state index contributed by atoms with van der Waals surface area (Å²) < 4.78 is 12.8. The van der Waals surface area contributed by atoms with E-state index >= 15 is 0 Å². The molecule has 0 aliphatic carbocycles. The van der Waals surface area contributed by atoms with Gasteiger partial charge in [0, 0.05) is 0 Å². The van der Waals surface area contributed by atoms with E-state index in [1.807, 2.05) is 19.1 Å². The Hall–Kier alpha value is -1.64. The Kier molecular flexibility index (Phi) is 3.40. The Morgan fingerprint density at radius 2 is 2.14 bits per heavy atom. The predicted octanol–water partition coefficient (Wildman–Crippen LogP) is 2.64. The van der Waals surface area contributed by atoms with Crippen molar-refractivity contribution in [1.29, 1.82) is 0 Å². The van der Waals surface area contributed by atoms with E-state index in [1.165, 1.54) is 0 Å². The summed E-state index contributed by atoms with van der Waals surface area (Å²) in [5.41, 5.74) is 1.55. The lowest BCUT2D eigenvalue weighted by Crippen LogP contribution is -1.95. The molecule has 0 heterocycles. The average Bonchev–Trinajstić information content (AvgIpc) is 2.18. The standard InChI is InChI=1S/C11H11FO2/c1-2-8-5-3-4-6-9(8)7-10(12)11(13)14/h3-7H,2H2,1H3,(H,13,14)/b10-7+. The molecule has 0 atom stereocenters. The number of benzene rings is 1. The molecule has 0 saturated heterocycles. The van der Waals surface area contributed by atoms with E-state index in [-0.39, 0.29) is 0 Å². The molecule has 1 aromatic carbocycles. The molecule has 1 rings (SSSR count). The van der Waals surface area contributed by atoms with Crippen LogP contribution in [-0.4, -0.2) is 11.1 Å². The van der Waals surface area contributed by atoms with Gasteiger partial charge < -0.3 is 5.11 Å². The fourth-order valence-electron chi connectivity index (χ4n) is 1.20. The molecule has 0 aliphatic rings. The number of hydrogen-bond donors (Lipinski definition) is 1. The van der Waals surface area contributed by atoms with Crippen molar-refractivity contribution in [2.75, 3.05) is 0 Å². The first kappa shape index (κ1) is 10.4. The van der Waals surface area contributed by atoms with Gasteiger partial charge in [-0.05, 0) is 23.6 Å². The van der Waals surface area contributed by atoms with Gasteiger partial charge in [-0.3, -0.25) is 0 Å². The lowest BCUT2D eigenvalue weighted by atomic mass is 10.0. The molecule has 0 unspecified atom stereocenters. The molecule has 0 bridgehead atoms. The van der Waals surface area contributed by atoms with Crippen molar-refractivity contribution in [2.45, 2.75) is 13.3 Å². The molecular formula is C11H11FO2. The van der Waals surface area contributed by atoms with Crippen LogP contribution in [0.3, 0.4) is 0 Å². The minimum absolute atomic E-state index is 0.620. The van der Waals surface area contributed by atoms with Crippen molar-refractivity contribution >= 4 is 12.0 Å². The van der Waals surface area contributed by atoms with Gasteiger partial charge >= 0.3 is 5.97 Å². The van der Waals surface area contributed by atoms with Crippen LogP contribution in [0, 0.1) is 0 Å². The lowest BCUT2D eigenvalue weighted by molar-refractivity contribution is -0.134.